The monoisotopic (exact) mass is 278 g/mol. The van der Waals surface area contributed by atoms with Gasteiger partial charge in [0.25, 0.3) is 0 Å². The average molecular weight is 278 g/mol. The van der Waals surface area contributed by atoms with E-state index in [0.717, 1.165) is 30.3 Å². The molecule has 20 heavy (non-hydrogen) atoms. The van der Waals surface area contributed by atoms with Crippen LogP contribution in [-0.2, 0) is 19.1 Å². The van der Waals surface area contributed by atoms with Crippen LogP contribution in [0.25, 0.3) is 0 Å². The Morgan fingerprint density at radius 2 is 1.95 bits per heavy atom. The highest BCUT2D eigenvalue weighted by molar-refractivity contribution is 5.86. The average Bonchev–Trinajstić information content (AvgIpc) is 3.04. The first-order chi connectivity index (χ1) is 9.54. The molecule has 6 atom stereocenters. The molecule has 1 saturated heterocycles. The first-order valence-corrected chi connectivity index (χ1v) is 7.45. The zero-order valence-electron chi connectivity index (χ0n) is 12.1. The van der Waals surface area contributed by atoms with Crippen LogP contribution in [0.4, 0.5) is 0 Å². The number of hydrogen-bond donors (Lipinski definition) is 0. The Balaban J connectivity index is 0.000000151. The summed E-state index contributed by atoms with van der Waals surface area (Å²) < 4.78 is 9.43. The molecule has 0 radical (unpaired) electrons. The molecule has 6 unspecified atom stereocenters. The van der Waals surface area contributed by atoms with E-state index in [1.165, 1.54) is 26.4 Å². The fraction of sp³-hybridized carbons (Fsp3) is 0.750. The molecule has 0 spiro atoms. The van der Waals surface area contributed by atoms with Gasteiger partial charge in [-0.1, -0.05) is 6.58 Å². The summed E-state index contributed by atoms with van der Waals surface area (Å²) in [4.78, 5) is 21.6. The van der Waals surface area contributed by atoms with Crippen LogP contribution in [0.15, 0.2) is 12.2 Å². The van der Waals surface area contributed by atoms with Crippen molar-refractivity contribution in [2.45, 2.75) is 26.2 Å². The van der Waals surface area contributed by atoms with Gasteiger partial charge in [0.2, 0.25) is 0 Å². The summed E-state index contributed by atoms with van der Waals surface area (Å²) in [7, 11) is 1.33. The predicted octanol–water partition coefficient (Wildman–Crippen LogP) is 2.19. The van der Waals surface area contributed by atoms with Gasteiger partial charge in [0.05, 0.1) is 19.6 Å². The van der Waals surface area contributed by atoms with E-state index in [-0.39, 0.29) is 11.9 Å². The van der Waals surface area contributed by atoms with E-state index in [4.69, 9.17) is 4.74 Å². The molecule has 3 saturated carbocycles. The fourth-order valence-electron chi connectivity index (χ4n) is 4.92. The Hall–Kier alpha value is -1.32. The summed E-state index contributed by atoms with van der Waals surface area (Å²) >= 11 is 0. The number of carbonyl (C=O) groups excluding carboxylic acids is 2. The minimum Gasteiger partial charge on any atom is -0.466 e. The van der Waals surface area contributed by atoms with Gasteiger partial charge in [0.1, 0.15) is 0 Å². The maximum atomic E-state index is 11.4. The van der Waals surface area contributed by atoms with Gasteiger partial charge in [-0.25, -0.2) is 4.79 Å². The molecule has 0 N–H and O–H groups in total. The van der Waals surface area contributed by atoms with Crippen molar-refractivity contribution in [3.05, 3.63) is 12.2 Å². The Morgan fingerprint density at radius 1 is 1.30 bits per heavy atom. The summed E-state index contributed by atoms with van der Waals surface area (Å²) in [5.74, 6) is 4.23. The van der Waals surface area contributed by atoms with Crippen molar-refractivity contribution in [1.82, 2.24) is 0 Å². The van der Waals surface area contributed by atoms with Crippen LogP contribution >= 0.6 is 0 Å². The normalized spacial score (nSPS) is 42.6. The number of carbonyl (C=O) groups is 2. The van der Waals surface area contributed by atoms with Gasteiger partial charge in [0.15, 0.2) is 0 Å². The van der Waals surface area contributed by atoms with Gasteiger partial charge in [-0.2, -0.15) is 0 Å². The van der Waals surface area contributed by atoms with E-state index < -0.39 is 0 Å². The van der Waals surface area contributed by atoms with Crippen LogP contribution in [0.5, 0.6) is 0 Å². The van der Waals surface area contributed by atoms with E-state index in [9.17, 15) is 9.59 Å². The molecule has 1 heterocycles. The Labute approximate surface area is 119 Å². The number of hydrogen-bond acceptors (Lipinski definition) is 4. The van der Waals surface area contributed by atoms with Crippen molar-refractivity contribution in [3.8, 4) is 0 Å². The highest BCUT2D eigenvalue weighted by Gasteiger charge is 2.67. The quantitative estimate of drug-likeness (QED) is 0.545. The maximum Gasteiger partial charge on any atom is 0.332 e. The molecular weight excluding hydrogens is 256 g/mol. The van der Waals surface area contributed by atoms with E-state index in [1.807, 2.05) is 0 Å². The zero-order chi connectivity index (χ0) is 14.4. The summed E-state index contributed by atoms with van der Waals surface area (Å²) in [6.07, 6.45) is 4.25. The lowest BCUT2D eigenvalue weighted by Crippen LogP contribution is -2.50. The lowest BCUT2D eigenvalue weighted by Gasteiger charge is -2.48. The number of rotatable bonds is 1. The van der Waals surface area contributed by atoms with E-state index in [0.29, 0.717) is 17.4 Å². The van der Waals surface area contributed by atoms with Gasteiger partial charge in [-0.15, -0.1) is 0 Å². The van der Waals surface area contributed by atoms with Gasteiger partial charge < -0.3 is 9.47 Å². The number of methoxy groups -OCH3 is 1. The second kappa shape index (κ2) is 4.90. The van der Waals surface area contributed by atoms with Crippen LogP contribution in [0.2, 0.25) is 0 Å². The SMILES string of the molecule is C=C(C)C(=O)OC.O=C1OCC2C1C1C3CCC(C3)C21. The smallest absolute Gasteiger partial charge is 0.332 e. The van der Waals surface area contributed by atoms with Crippen molar-refractivity contribution >= 4 is 11.9 Å². The molecule has 4 rings (SSSR count). The third-order valence-electron chi connectivity index (χ3n) is 5.64. The first kappa shape index (κ1) is 13.7. The zero-order valence-corrected chi connectivity index (χ0v) is 12.1. The highest BCUT2D eigenvalue weighted by Crippen LogP contribution is 2.67. The molecule has 0 aromatic carbocycles. The van der Waals surface area contributed by atoms with Crippen LogP contribution < -0.4 is 0 Å². The number of cyclic esters (lactones) is 1. The van der Waals surface area contributed by atoms with Crippen LogP contribution in [0, 0.1) is 35.5 Å². The minimum atomic E-state index is -0.347. The molecular formula is C16H22O4. The third kappa shape index (κ3) is 1.88. The molecule has 4 heteroatoms. The van der Waals surface area contributed by atoms with E-state index >= 15 is 0 Å². The first-order valence-electron chi connectivity index (χ1n) is 7.45. The standard InChI is InChI=1S/C11H14O2.C5H8O2/c12-11-10-7(4-13-11)8-5-1-2-6(3-5)9(8)10;1-4(2)5(6)7-3/h5-10H,1-4H2;1H2,2-3H3. The van der Waals surface area contributed by atoms with Gasteiger partial charge in [-0.05, 0) is 49.9 Å². The van der Waals surface area contributed by atoms with Gasteiger partial charge in [-0.3, -0.25) is 4.79 Å². The predicted molar refractivity (Wildman–Crippen MR) is 72.6 cm³/mol. The van der Waals surface area contributed by atoms with Gasteiger partial charge >= 0.3 is 11.9 Å². The van der Waals surface area contributed by atoms with Crippen molar-refractivity contribution in [1.29, 1.82) is 0 Å². The molecule has 0 amide bonds. The molecule has 4 nitrogen and oxygen atoms in total. The van der Waals surface area contributed by atoms with Crippen LogP contribution in [0.1, 0.15) is 26.2 Å². The summed E-state index contributed by atoms with van der Waals surface area (Å²) in [5.41, 5.74) is 0.433. The largest absolute Gasteiger partial charge is 0.466 e. The Kier molecular flexibility index (Phi) is 3.35. The molecule has 4 aliphatic rings. The molecule has 1 aliphatic heterocycles. The topological polar surface area (TPSA) is 52.6 Å². The third-order valence-corrected chi connectivity index (χ3v) is 5.64. The lowest BCUT2D eigenvalue weighted by atomic mass is 9.53. The Bertz CT molecular complexity index is 455. The fourth-order valence-corrected chi connectivity index (χ4v) is 4.92. The van der Waals surface area contributed by atoms with Crippen molar-refractivity contribution in [3.63, 3.8) is 0 Å². The molecule has 110 valence electrons. The number of ether oxygens (including phenoxy) is 2. The van der Waals surface area contributed by atoms with Crippen LogP contribution in [0.3, 0.4) is 0 Å². The van der Waals surface area contributed by atoms with Crippen molar-refractivity contribution in [2.75, 3.05) is 13.7 Å². The second-order valence-electron chi connectivity index (χ2n) is 6.58. The number of esters is 2. The summed E-state index contributed by atoms with van der Waals surface area (Å²) in [6.45, 7) is 5.70. The lowest BCUT2D eigenvalue weighted by molar-refractivity contribution is -0.147. The molecule has 0 aromatic rings. The summed E-state index contributed by atoms with van der Waals surface area (Å²) in [5, 5.41) is 0. The molecule has 2 bridgehead atoms. The maximum absolute atomic E-state index is 11.4. The second-order valence-corrected chi connectivity index (χ2v) is 6.58. The van der Waals surface area contributed by atoms with E-state index in [1.54, 1.807) is 6.92 Å². The summed E-state index contributed by atoms with van der Waals surface area (Å²) in [6, 6.07) is 0. The molecule has 4 fully saturated rings. The van der Waals surface area contributed by atoms with Crippen molar-refractivity contribution in [2.24, 2.45) is 35.5 Å². The van der Waals surface area contributed by atoms with Crippen molar-refractivity contribution < 1.29 is 19.1 Å². The molecule has 3 aliphatic carbocycles. The highest BCUT2D eigenvalue weighted by atomic mass is 16.5. The van der Waals surface area contributed by atoms with Crippen LogP contribution in [-0.4, -0.2) is 25.7 Å². The molecule has 0 aromatic heterocycles. The van der Waals surface area contributed by atoms with Gasteiger partial charge in [0, 0.05) is 11.5 Å². The number of fused-ring (bicyclic) bond motifs is 8. The minimum absolute atomic E-state index is 0.124. The van der Waals surface area contributed by atoms with E-state index in [2.05, 4.69) is 11.3 Å². The Morgan fingerprint density at radius 3 is 2.50 bits per heavy atom.